The second-order valence-electron chi connectivity index (χ2n) is 13.3. The second kappa shape index (κ2) is 20.5. The first-order valence-electron chi connectivity index (χ1n) is 17.6. The van der Waals surface area contributed by atoms with Crippen LogP contribution in [-0.2, 0) is 19.4 Å². The van der Waals surface area contributed by atoms with Crippen LogP contribution in [0.4, 0.5) is 39.5 Å². The molecule has 0 spiro atoms. The van der Waals surface area contributed by atoms with E-state index in [2.05, 4.69) is 25.9 Å². The van der Waals surface area contributed by atoms with Crippen LogP contribution in [0.3, 0.4) is 0 Å². The Morgan fingerprint density at radius 1 is 0.729 bits per heavy atom. The number of rotatable bonds is 11. The van der Waals surface area contributed by atoms with E-state index in [1.165, 1.54) is 48.9 Å². The zero-order chi connectivity index (χ0) is 43.8. The van der Waals surface area contributed by atoms with Gasteiger partial charge in [0.05, 0.1) is 11.1 Å². The van der Waals surface area contributed by atoms with E-state index >= 15 is 0 Å². The summed E-state index contributed by atoms with van der Waals surface area (Å²) >= 11 is 1.94. The number of nitrogens with two attached hydrogens (primary N) is 2. The molecule has 0 unspecified atom stereocenters. The van der Waals surface area contributed by atoms with Gasteiger partial charge in [0.1, 0.15) is 44.7 Å². The molecule has 2 aliphatic heterocycles. The molecule has 324 valence electrons. The van der Waals surface area contributed by atoms with Gasteiger partial charge in [-0.1, -0.05) is 34.8 Å². The number of ketones is 2. The number of carbonyl (C=O) groups is 2. The summed E-state index contributed by atoms with van der Waals surface area (Å²) in [5, 5.41) is 10.4. The van der Waals surface area contributed by atoms with E-state index in [4.69, 9.17) is 22.1 Å². The average molecular weight is 927 g/mol. The Hall–Kier alpha value is -4.01. The molecule has 7 N–H and O–H groups in total. The van der Waals surface area contributed by atoms with E-state index in [0.29, 0.717) is 36.2 Å². The van der Waals surface area contributed by atoms with E-state index < -0.39 is 65.4 Å². The molecule has 2 aromatic heterocycles. The minimum absolute atomic E-state index is 0.0147. The molecule has 0 aliphatic carbocycles. The molecule has 25 heteroatoms. The molecule has 2 aliphatic rings. The van der Waals surface area contributed by atoms with Crippen molar-refractivity contribution < 1.29 is 44.0 Å². The normalized spacial score (nSPS) is 15.6. The third-order valence-electron chi connectivity index (χ3n) is 8.77. The van der Waals surface area contributed by atoms with Gasteiger partial charge in [-0.15, -0.1) is 0 Å². The molecular weight excluding hydrogens is 884 g/mol. The van der Waals surface area contributed by atoms with Crippen LogP contribution in [0.5, 0.6) is 0 Å². The molecular formula is C34H43ClF4N10O6S4. The topological polar surface area (TPSA) is 226 Å². The molecule has 59 heavy (non-hydrogen) atoms. The Bertz CT molecular complexity index is 2300. The Morgan fingerprint density at radius 2 is 1.08 bits per heavy atom. The van der Waals surface area contributed by atoms with Crippen LogP contribution >= 0.6 is 33.4 Å². The number of nitrogens with one attached hydrogen (secondary N) is 3. The lowest BCUT2D eigenvalue weighted by atomic mass is 10.1. The zero-order valence-electron chi connectivity index (χ0n) is 32.1. The van der Waals surface area contributed by atoms with E-state index in [9.17, 15) is 44.0 Å². The zero-order valence-corrected chi connectivity index (χ0v) is 36.2. The lowest BCUT2D eigenvalue weighted by Crippen LogP contribution is -2.46. The summed E-state index contributed by atoms with van der Waals surface area (Å²) in [6.45, 7) is 2.49. The van der Waals surface area contributed by atoms with Crippen LogP contribution in [-0.4, -0.2) is 118 Å². The Labute approximate surface area is 351 Å². The minimum atomic E-state index is -3.46. The average Bonchev–Trinajstić information content (AvgIpc) is 3.72. The summed E-state index contributed by atoms with van der Waals surface area (Å²) in [7, 11) is 3.56. The fourth-order valence-corrected chi connectivity index (χ4v) is 8.50. The van der Waals surface area contributed by atoms with E-state index in [-0.39, 0.29) is 33.5 Å². The predicted molar refractivity (Wildman–Crippen MR) is 221 cm³/mol. The van der Waals surface area contributed by atoms with Crippen molar-refractivity contribution in [2.24, 2.45) is 0 Å². The number of anilines is 4. The third kappa shape index (κ3) is 12.5. The van der Waals surface area contributed by atoms with Gasteiger partial charge < -0.3 is 27.4 Å². The maximum absolute atomic E-state index is 13.9. The highest BCUT2D eigenvalue weighted by Crippen LogP contribution is 2.32. The highest BCUT2D eigenvalue weighted by Gasteiger charge is 2.31. The maximum Gasteiger partial charge on any atom is 0.299 e. The highest BCUT2D eigenvalue weighted by atomic mass is 35.7. The van der Waals surface area contributed by atoms with Gasteiger partial charge in [0.25, 0.3) is 19.4 Å². The van der Waals surface area contributed by atoms with Crippen molar-refractivity contribution in [3.8, 4) is 0 Å². The quantitative estimate of drug-likeness (QED) is 0.0803. The number of halogens is 5. The Morgan fingerprint density at radius 3 is 1.42 bits per heavy atom. The first kappa shape index (κ1) is 47.7. The fraction of sp³-hybridized carbons (Fsp3) is 0.412. The molecule has 16 nitrogen and oxygen atoms in total. The molecule has 0 bridgehead atoms. The molecule has 0 atom stereocenters. The molecule has 4 aromatic rings. The monoisotopic (exact) mass is 926 g/mol. The molecule has 2 saturated heterocycles. The van der Waals surface area contributed by atoms with Gasteiger partial charge >= 0.3 is 0 Å². The number of piperidine rings is 2. The second-order valence-corrected chi connectivity index (χ2v) is 20.2. The van der Waals surface area contributed by atoms with Gasteiger partial charge in [0, 0.05) is 64.0 Å². The smallest absolute Gasteiger partial charge is 0.299 e. The van der Waals surface area contributed by atoms with Crippen LogP contribution < -0.4 is 27.4 Å². The number of nitrogens with zero attached hydrogens (tertiary/aromatic N) is 5. The molecule has 2 aromatic carbocycles. The van der Waals surface area contributed by atoms with E-state index in [1.807, 2.05) is 0 Å². The van der Waals surface area contributed by atoms with Gasteiger partial charge in [-0.05, 0) is 63.0 Å². The molecule has 0 amide bonds. The van der Waals surface area contributed by atoms with Crippen molar-refractivity contribution in [1.29, 1.82) is 0 Å². The number of hydrogen-bond acceptors (Lipinski definition) is 15. The number of hydrogen-bond donors (Lipinski definition) is 5. The van der Waals surface area contributed by atoms with Crippen LogP contribution in [0.2, 0.25) is 0 Å². The molecule has 6 rings (SSSR count). The van der Waals surface area contributed by atoms with Crippen LogP contribution in [0.1, 0.15) is 56.2 Å². The summed E-state index contributed by atoms with van der Waals surface area (Å²) in [4.78, 5) is 33.1. The van der Waals surface area contributed by atoms with Gasteiger partial charge in [0.2, 0.25) is 11.6 Å². The SMILES string of the molecule is CN(C)S(=O)(=O)Cl.CN(C)S(=O)(=O)N1CCC(Nc2nc(N)c(C(=O)c3c(F)cccc3F)s2)CC1.Nc1nc(NC2CCNCC2)sc1C(=O)c1c(F)cccc1F. The van der Waals surface area contributed by atoms with Crippen molar-refractivity contribution in [1.82, 2.24) is 28.2 Å². The lowest BCUT2D eigenvalue weighted by Gasteiger charge is -2.32. The van der Waals surface area contributed by atoms with Crippen LogP contribution in [0.15, 0.2) is 36.4 Å². The molecule has 0 radical (unpaired) electrons. The van der Waals surface area contributed by atoms with Gasteiger partial charge in [-0.2, -0.15) is 29.8 Å². The number of nitrogen functional groups attached to an aromatic ring is 2. The van der Waals surface area contributed by atoms with Crippen molar-refractivity contribution in [3.05, 3.63) is 80.5 Å². The summed E-state index contributed by atoms with van der Waals surface area (Å²) in [6, 6.07) is 6.65. The van der Waals surface area contributed by atoms with Gasteiger partial charge in [-0.25, -0.2) is 27.5 Å². The summed E-state index contributed by atoms with van der Waals surface area (Å²) in [5.74, 6) is -5.52. The van der Waals surface area contributed by atoms with Crippen molar-refractivity contribution in [2.45, 2.75) is 37.8 Å². The van der Waals surface area contributed by atoms with Crippen molar-refractivity contribution in [2.75, 3.05) is 76.5 Å². The number of aromatic nitrogens is 2. The number of thiazole rings is 2. The highest BCUT2D eigenvalue weighted by molar-refractivity contribution is 8.11. The van der Waals surface area contributed by atoms with E-state index in [1.54, 1.807) is 0 Å². The maximum atomic E-state index is 13.9. The lowest BCUT2D eigenvalue weighted by molar-refractivity contribution is 0.102. The predicted octanol–water partition coefficient (Wildman–Crippen LogP) is 4.35. The molecule has 0 saturated carbocycles. The van der Waals surface area contributed by atoms with E-state index in [0.717, 1.165) is 77.2 Å². The number of carbonyl (C=O) groups excluding carboxylic acids is 2. The Balaban J connectivity index is 0.000000229. The fourth-order valence-electron chi connectivity index (χ4n) is 5.55. The van der Waals surface area contributed by atoms with Crippen molar-refractivity contribution >= 4 is 86.3 Å². The standard InChI is InChI=1S/C17H21F2N5O3S2.C15H16F2N4OS.C2H6ClNO2S/c1-23(2)29(26,27)24-8-6-10(7-9-24)21-17-22-16(20)15(28-17)14(25)13-11(18)4-3-5-12(13)19;16-9-2-1-3-10(17)11(9)12(22)13-14(18)21-15(23-13)20-8-4-6-19-7-5-8;1-4(2)7(3,5)6/h3-5,10H,6-9,20H2,1-2H3,(H,21,22);1-3,8,19H,4-7,18H2,(H,20,21);1-2H3. The van der Waals surface area contributed by atoms with Crippen LogP contribution in [0.25, 0.3) is 0 Å². The first-order valence-corrected chi connectivity index (χ1v) is 22.9. The van der Waals surface area contributed by atoms with Gasteiger partial charge in [0.15, 0.2) is 10.3 Å². The minimum Gasteiger partial charge on any atom is -0.382 e. The Kier molecular flexibility index (Phi) is 16.6. The van der Waals surface area contributed by atoms with Crippen molar-refractivity contribution in [3.63, 3.8) is 0 Å². The third-order valence-corrected chi connectivity index (χ3v) is 14.4. The molecule has 2 fully saturated rings. The number of benzene rings is 2. The van der Waals surface area contributed by atoms with Crippen LogP contribution in [0, 0.1) is 23.3 Å². The summed E-state index contributed by atoms with van der Waals surface area (Å²) < 4.78 is 103. The largest absolute Gasteiger partial charge is 0.382 e. The van der Waals surface area contributed by atoms with Gasteiger partial charge in [-0.3, -0.25) is 9.59 Å². The molecule has 4 heterocycles. The first-order chi connectivity index (χ1) is 27.6. The summed E-state index contributed by atoms with van der Waals surface area (Å²) in [6.07, 6.45) is 2.95. The summed E-state index contributed by atoms with van der Waals surface area (Å²) in [5.41, 5.74) is 10.3.